The van der Waals surface area contributed by atoms with Crippen LogP contribution in [0, 0.1) is 6.92 Å². The summed E-state index contributed by atoms with van der Waals surface area (Å²) in [7, 11) is 0. The topological polar surface area (TPSA) is 106 Å². The Kier molecular flexibility index (Phi) is 6.01. The summed E-state index contributed by atoms with van der Waals surface area (Å²) in [5.74, 6) is 2.26. The van der Waals surface area contributed by atoms with Gasteiger partial charge < -0.3 is 19.9 Å². The van der Waals surface area contributed by atoms with Gasteiger partial charge in [0.25, 0.3) is 0 Å². The lowest BCUT2D eigenvalue weighted by Gasteiger charge is -2.10. The number of imidazole rings is 1. The first-order valence-corrected chi connectivity index (χ1v) is 11.2. The minimum atomic E-state index is 0.253. The van der Waals surface area contributed by atoms with Crippen LogP contribution in [0.5, 0.6) is 11.8 Å². The molecule has 10 heteroatoms. The highest BCUT2D eigenvalue weighted by atomic mass is 35.5. The van der Waals surface area contributed by atoms with Crippen molar-refractivity contribution in [2.75, 3.05) is 10.6 Å². The first-order chi connectivity index (χ1) is 16.6. The van der Waals surface area contributed by atoms with Crippen molar-refractivity contribution in [1.82, 2.24) is 29.7 Å². The molecule has 172 valence electrons. The van der Waals surface area contributed by atoms with E-state index < -0.39 is 0 Å². The number of nitrogens with one attached hydrogen (secondary N) is 3. The number of aromatic nitrogens is 6. The summed E-state index contributed by atoms with van der Waals surface area (Å²) in [5.41, 5.74) is 5.04. The van der Waals surface area contributed by atoms with Crippen molar-refractivity contribution in [1.29, 1.82) is 0 Å². The van der Waals surface area contributed by atoms with Crippen molar-refractivity contribution in [3.63, 3.8) is 0 Å². The van der Waals surface area contributed by atoms with Gasteiger partial charge in [0.15, 0.2) is 5.82 Å². The van der Waals surface area contributed by atoms with E-state index in [0.717, 1.165) is 46.3 Å². The maximum atomic E-state index is 5.81. The van der Waals surface area contributed by atoms with E-state index in [1.54, 1.807) is 0 Å². The van der Waals surface area contributed by atoms with Crippen LogP contribution in [0.4, 0.5) is 17.5 Å². The highest BCUT2D eigenvalue weighted by molar-refractivity contribution is 6.30. The molecule has 0 saturated carbocycles. The molecule has 0 radical (unpaired) electrons. The number of hydrogen-bond acceptors (Lipinski definition) is 7. The van der Waals surface area contributed by atoms with Gasteiger partial charge in [0.1, 0.15) is 5.75 Å². The average Bonchev–Trinajstić information content (AvgIpc) is 3.42. The van der Waals surface area contributed by atoms with Gasteiger partial charge in [-0.1, -0.05) is 23.7 Å². The van der Waals surface area contributed by atoms with Crippen LogP contribution in [0.2, 0.25) is 5.02 Å². The van der Waals surface area contributed by atoms with Crippen molar-refractivity contribution in [3.8, 4) is 11.8 Å². The van der Waals surface area contributed by atoms with E-state index in [-0.39, 0.29) is 6.01 Å². The molecule has 3 N–H and O–H groups in total. The summed E-state index contributed by atoms with van der Waals surface area (Å²) in [6.45, 7) is 5.49. The zero-order chi connectivity index (χ0) is 23.5. The van der Waals surface area contributed by atoms with Gasteiger partial charge in [0, 0.05) is 30.5 Å². The Morgan fingerprint density at radius 3 is 2.56 bits per heavy atom. The maximum Gasteiger partial charge on any atom is 0.321 e. The molecule has 0 fully saturated rings. The molecule has 3 heterocycles. The molecule has 5 rings (SSSR count). The molecule has 0 aliphatic carbocycles. The highest BCUT2D eigenvalue weighted by Crippen LogP contribution is 2.26. The summed E-state index contributed by atoms with van der Waals surface area (Å²) < 4.78 is 7.81. The lowest BCUT2D eigenvalue weighted by molar-refractivity contribution is 0.441. The molecule has 2 aromatic carbocycles. The lowest BCUT2D eigenvalue weighted by atomic mass is 10.2. The molecule has 0 amide bonds. The average molecular weight is 475 g/mol. The molecular weight excluding hydrogens is 452 g/mol. The molecule has 0 aliphatic rings. The summed E-state index contributed by atoms with van der Waals surface area (Å²) in [5, 5.41) is 14.4. The number of H-pyrrole nitrogens is 1. The van der Waals surface area contributed by atoms with Gasteiger partial charge in [-0.15, -0.1) is 0 Å². The Morgan fingerprint density at radius 1 is 1.06 bits per heavy atom. The van der Waals surface area contributed by atoms with Gasteiger partial charge in [-0.25, -0.2) is 15.0 Å². The van der Waals surface area contributed by atoms with E-state index in [1.807, 2.05) is 49.4 Å². The molecule has 0 saturated heterocycles. The largest absolute Gasteiger partial charge is 0.424 e. The zero-order valence-corrected chi connectivity index (χ0v) is 19.5. The fourth-order valence-electron chi connectivity index (χ4n) is 3.60. The van der Waals surface area contributed by atoms with E-state index in [9.17, 15) is 0 Å². The van der Waals surface area contributed by atoms with Crippen LogP contribution in [-0.4, -0.2) is 29.7 Å². The number of benzene rings is 2. The van der Waals surface area contributed by atoms with E-state index in [0.29, 0.717) is 17.3 Å². The Hall–Kier alpha value is -4.11. The predicted octanol–water partition coefficient (Wildman–Crippen LogP) is 5.68. The second kappa shape index (κ2) is 9.40. The molecule has 0 spiro atoms. The molecule has 0 atom stereocenters. The first-order valence-electron chi connectivity index (χ1n) is 10.8. The SMILES string of the molecule is CCn1c(NCc2ccc(Oc3ncc(Cl)cn3)cc2)nc2ccc(Nc3cc(C)[nH]n3)cc21. The third-order valence-electron chi connectivity index (χ3n) is 5.22. The van der Waals surface area contributed by atoms with Gasteiger partial charge >= 0.3 is 6.01 Å². The minimum Gasteiger partial charge on any atom is -0.424 e. The fourth-order valence-corrected chi connectivity index (χ4v) is 3.70. The Bertz CT molecular complexity index is 1410. The Labute approximate surface area is 201 Å². The molecule has 3 aromatic heterocycles. The lowest BCUT2D eigenvalue weighted by Crippen LogP contribution is -2.06. The molecule has 0 bridgehead atoms. The standard InChI is InChI=1S/C24H23ClN8O/c1-3-33-21-11-18(29-22-10-15(2)31-32-22)6-9-20(21)30-23(33)26-12-16-4-7-19(8-5-16)34-24-27-13-17(25)14-28-24/h4-11,13-14H,3,12H2,1-2H3,(H,26,30)(H2,29,31,32). The number of anilines is 3. The highest BCUT2D eigenvalue weighted by Gasteiger charge is 2.11. The zero-order valence-electron chi connectivity index (χ0n) is 18.7. The first kappa shape index (κ1) is 21.7. The Morgan fingerprint density at radius 2 is 1.85 bits per heavy atom. The number of halogens is 1. The number of aromatic amines is 1. The minimum absolute atomic E-state index is 0.253. The van der Waals surface area contributed by atoms with Gasteiger partial charge in [-0.2, -0.15) is 5.10 Å². The number of aryl methyl sites for hydroxylation is 2. The summed E-state index contributed by atoms with van der Waals surface area (Å²) in [6.07, 6.45) is 3.00. The van der Waals surface area contributed by atoms with Gasteiger partial charge in [0.2, 0.25) is 5.95 Å². The van der Waals surface area contributed by atoms with Crippen LogP contribution in [0.15, 0.2) is 60.9 Å². The van der Waals surface area contributed by atoms with E-state index in [4.69, 9.17) is 21.3 Å². The monoisotopic (exact) mass is 474 g/mol. The number of fused-ring (bicyclic) bond motifs is 1. The van der Waals surface area contributed by atoms with Crippen molar-refractivity contribution in [2.45, 2.75) is 26.9 Å². The van der Waals surface area contributed by atoms with Gasteiger partial charge in [-0.3, -0.25) is 5.10 Å². The van der Waals surface area contributed by atoms with Crippen molar-refractivity contribution < 1.29 is 4.74 Å². The van der Waals surface area contributed by atoms with Crippen molar-refractivity contribution in [3.05, 3.63) is 77.2 Å². The molecule has 0 aliphatic heterocycles. The Balaban J connectivity index is 1.28. The molecule has 5 aromatic rings. The number of rotatable bonds is 8. The number of nitrogens with zero attached hydrogens (tertiary/aromatic N) is 5. The predicted molar refractivity (Wildman–Crippen MR) is 133 cm³/mol. The maximum absolute atomic E-state index is 5.81. The summed E-state index contributed by atoms with van der Waals surface area (Å²) in [4.78, 5) is 12.9. The molecule has 34 heavy (non-hydrogen) atoms. The summed E-state index contributed by atoms with van der Waals surface area (Å²) >= 11 is 5.81. The van der Waals surface area contributed by atoms with Crippen LogP contribution in [0.3, 0.4) is 0 Å². The third kappa shape index (κ3) is 4.79. The van der Waals surface area contributed by atoms with Crippen LogP contribution in [0.25, 0.3) is 11.0 Å². The quantitative estimate of drug-likeness (QED) is 0.265. The van der Waals surface area contributed by atoms with E-state index >= 15 is 0 Å². The second-order valence-corrected chi connectivity index (χ2v) is 8.16. The molecular formula is C24H23ClN8O. The van der Waals surface area contributed by atoms with Crippen LogP contribution < -0.4 is 15.4 Å². The van der Waals surface area contributed by atoms with E-state index in [2.05, 4.69) is 48.4 Å². The fraction of sp³-hybridized carbons (Fsp3) is 0.167. The van der Waals surface area contributed by atoms with Crippen LogP contribution in [-0.2, 0) is 13.1 Å². The molecule has 0 unspecified atom stereocenters. The van der Waals surface area contributed by atoms with Crippen molar-refractivity contribution >= 4 is 40.1 Å². The third-order valence-corrected chi connectivity index (χ3v) is 5.42. The molecule has 9 nitrogen and oxygen atoms in total. The van der Waals surface area contributed by atoms with Gasteiger partial charge in [0.05, 0.1) is 28.4 Å². The van der Waals surface area contributed by atoms with Crippen LogP contribution in [0.1, 0.15) is 18.2 Å². The summed E-state index contributed by atoms with van der Waals surface area (Å²) in [6, 6.07) is 16.1. The normalized spacial score (nSPS) is 11.0. The van der Waals surface area contributed by atoms with Crippen molar-refractivity contribution in [2.24, 2.45) is 0 Å². The van der Waals surface area contributed by atoms with Gasteiger partial charge in [-0.05, 0) is 49.7 Å². The number of ether oxygens (including phenoxy) is 1. The smallest absolute Gasteiger partial charge is 0.321 e. The van der Waals surface area contributed by atoms with E-state index in [1.165, 1.54) is 12.4 Å². The van der Waals surface area contributed by atoms with Crippen LogP contribution >= 0.6 is 11.6 Å². The second-order valence-electron chi connectivity index (χ2n) is 7.73. The number of hydrogen-bond donors (Lipinski definition) is 3.